The Morgan fingerprint density at radius 3 is 2.00 bits per heavy atom. The van der Waals surface area contributed by atoms with Gasteiger partial charge in [-0.3, -0.25) is 9.59 Å². The van der Waals surface area contributed by atoms with Crippen molar-refractivity contribution in [3.8, 4) is 0 Å². The first-order valence-electron chi connectivity index (χ1n) is 11.1. The van der Waals surface area contributed by atoms with E-state index in [1.54, 1.807) is 0 Å². The molecule has 0 amide bonds. The molecule has 3 unspecified atom stereocenters. The second kappa shape index (κ2) is 13.2. The molecule has 0 aromatic rings. The van der Waals surface area contributed by atoms with E-state index in [0.29, 0.717) is 12.2 Å². The van der Waals surface area contributed by atoms with Crippen molar-refractivity contribution in [3.05, 3.63) is 46.5 Å². The number of hydrogen-bond donors (Lipinski definition) is 0. The van der Waals surface area contributed by atoms with Gasteiger partial charge < -0.3 is 14.2 Å². The van der Waals surface area contributed by atoms with Crippen molar-refractivity contribution in [1.82, 2.24) is 0 Å². The molecule has 0 bridgehead atoms. The van der Waals surface area contributed by atoms with Crippen molar-refractivity contribution in [2.45, 2.75) is 79.8 Å². The molecule has 1 aliphatic rings. The van der Waals surface area contributed by atoms with E-state index in [9.17, 15) is 9.59 Å². The fraction of sp³-hybridized carbons (Fsp3) is 0.615. The normalized spacial score (nSPS) is 22.3. The van der Waals surface area contributed by atoms with Crippen LogP contribution in [-0.4, -0.2) is 32.1 Å². The van der Waals surface area contributed by atoms with Gasteiger partial charge in [0.05, 0.1) is 14.2 Å². The van der Waals surface area contributed by atoms with Crippen LogP contribution >= 0.6 is 0 Å². The first-order valence-corrected chi connectivity index (χ1v) is 11.1. The Balaban J connectivity index is 2.84. The second-order valence-corrected chi connectivity index (χ2v) is 8.64. The van der Waals surface area contributed by atoms with Crippen LogP contribution in [0.1, 0.15) is 73.6 Å². The van der Waals surface area contributed by atoms with E-state index in [1.165, 1.54) is 37.9 Å². The maximum atomic E-state index is 12.8. The lowest BCUT2D eigenvalue weighted by Gasteiger charge is -2.35. The summed E-state index contributed by atoms with van der Waals surface area (Å²) < 4.78 is 16.3. The summed E-state index contributed by atoms with van der Waals surface area (Å²) in [5.41, 5.74) is 4.03. The summed E-state index contributed by atoms with van der Waals surface area (Å²) in [5, 5.41) is 0. The Kier molecular flexibility index (Phi) is 11.4. The van der Waals surface area contributed by atoms with Crippen LogP contribution in [-0.2, 0) is 23.8 Å². The van der Waals surface area contributed by atoms with Crippen LogP contribution < -0.4 is 0 Å². The van der Waals surface area contributed by atoms with E-state index in [4.69, 9.17) is 14.2 Å². The lowest BCUT2D eigenvalue weighted by molar-refractivity contribution is -0.153. The molecule has 0 aromatic heterocycles. The largest absolute Gasteiger partial charge is 0.493 e. The Morgan fingerprint density at radius 2 is 1.48 bits per heavy atom. The average molecular weight is 433 g/mol. The highest BCUT2D eigenvalue weighted by molar-refractivity contribution is 5.97. The molecule has 5 heteroatoms. The van der Waals surface area contributed by atoms with Gasteiger partial charge in [0.25, 0.3) is 0 Å². The van der Waals surface area contributed by atoms with Crippen LogP contribution in [0.5, 0.6) is 0 Å². The summed E-state index contributed by atoms with van der Waals surface area (Å²) in [6.45, 7) is 11.8. The highest BCUT2D eigenvalue weighted by Gasteiger charge is 2.44. The summed E-state index contributed by atoms with van der Waals surface area (Å²) in [6.07, 6.45) is 10.9. The van der Waals surface area contributed by atoms with Gasteiger partial charge in [0.1, 0.15) is 0 Å². The molecule has 0 aromatic carbocycles. The number of hydrogen-bond acceptors (Lipinski definition) is 5. The molecule has 0 aliphatic heterocycles. The fourth-order valence-corrected chi connectivity index (χ4v) is 3.84. The number of carbonyl (C=O) groups excluding carboxylic acids is 2. The number of rotatable bonds is 11. The van der Waals surface area contributed by atoms with Crippen LogP contribution in [0.4, 0.5) is 0 Å². The molecule has 1 rings (SSSR count). The van der Waals surface area contributed by atoms with Crippen molar-refractivity contribution in [1.29, 1.82) is 0 Å². The van der Waals surface area contributed by atoms with Crippen LogP contribution in [0.2, 0.25) is 0 Å². The zero-order valence-electron chi connectivity index (χ0n) is 20.5. The fourth-order valence-electron chi connectivity index (χ4n) is 3.84. The standard InChI is InChI=1S/C26H40O5/c1-17(2)11-9-12-18(3)13-10-14-19(4)15-16-22-20(5)23(28)25(29-7)26(30-8)24(22)31-21(6)27/h11,13,15,20,22,24H,9-10,12,14,16H2,1-8H3. The molecule has 31 heavy (non-hydrogen) atoms. The van der Waals surface area contributed by atoms with Gasteiger partial charge in [-0.15, -0.1) is 0 Å². The molecule has 0 spiro atoms. The van der Waals surface area contributed by atoms with E-state index in [2.05, 4.69) is 45.9 Å². The summed E-state index contributed by atoms with van der Waals surface area (Å²) >= 11 is 0. The van der Waals surface area contributed by atoms with Crippen molar-refractivity contribution in [2.24, 2.45) is 11.8 Å². The summed E-state index contributed by atoms with van der Waals surface area (Å²) in [7, 11) is 2.90. The minimum absolute atomic E-state index is 0.117. The van der Waals surface area contributed by atoms with E-state index < -0.39 is 12.1 Å². The summed E-state index contributed by atoms with van der Waals surface area (Å²) in [5.74, 6) is -0.607. The molecule has 0 fully saturated rings. The molecule has 0 saturated heterocycles. The van der Waals surface area contributed by atoms with Gasteiger partial charge in [0.2, 0.25) is 11.5 Å². The van der Waals surface area contributed by atoms with Crippen molar-refractivity contribution >= 4 is 11.8 Å². The van der Waals surface area contributed by atoms with Gasteiger partial charge in [0.15, 0.2) is 11.9 Å². The Labute approximate surface area is 188 Å². The Hall–Kier alpha value is -2.30. The quantitative estimate of drug-likeness (QED) is 0.293. The topological polar surface area (TPSA) is 61.8 Å². The molecule has 0 heterocycles. The maximum Gasteiger partial charge on any atom is 0.303 e. The summed E-state index contributed by atoms with van der Waals surface area (Å²) in [4.78, 5) is 24.5. The third-order valence-corrected chi connectivity index (χ3v) is 5.73. The molecule has 174 valence electrons. The molecule has 5 nitrogen and oxygen atoms in total. The molecular weight excluding hydrogens is 392 g/mol. The van der Waals surface area contributed by atoms with Gasteiger partial charge >= 0.3 is 5.97 Å². The SMILES string of the molecule is COC1=C(OC)C(OC(C)=O)C(CC=C(C)CCC=C(C)CCC=C(C)C)C(C)C1=O. The van der Waals surface area contributed by atoms with Gasteiger partial charge in [-0.05, 0) is 59.8 Å². The van der Waals surface area contributed by atoms with Gasteiger partial charge in [-0.25, -0.2) is 0 Å². The van der Waals surface area contributed by atoms with E-state index in [-0.39, 0.29) is 23.4 Å². The zero-order valence-corrected chi connectivity index (χ0v) is 20.5. The predicted octanol–water partition coefficient (Wildman–Crippen LogP) is 6.07. The highest BCUT2D eigenvalue weighted by Crippen LogP contribution is 2.37. The van der Waals surface area contributed by atoms with Crippen molar-refractivity contribution in [3.63, 3.8) is 0 Å². The number of esters is 1. The Bertz CT molecular complexity index is 750. The number of allylic oxidation sites excluding steroid dienone is 7. The third kappa shape index (κ3) is 8.39. The maximum absolute atomic E-state index is 12.8. The smallest absolute Gasteiger partial charge is 0.303 e. The molecule has 0 N–H and O–H groups in total. The molecule has 3 atom stereocenters. The number of carbonyl (C=O) groups is 2. The minimum Gasteiger partial charge on any atom is -0.493 e. The van der Waals surface area contributed by atoms with Crippen molar-refractivity contribution in [2.75, 3.05) is 14.2 Å². The first kappa shape index (κ1) is 26.7. The molecule has 0 radical (unpaired) electrons. The van der Waals surface area contributed by atoms with E-state index in [0.717, 1.165) is 25.7 Å². The van der Waals surface area contributed by atoms with Crippen molar-refractivity contribution < 1.29 is 23.8 Å². The zero-order chi connectivity index (χ0) is 23.6. The lowest BCUT2D eigenvalue weighted by atomic mass is 9.77. The second-order valence-electron chi connectivity index (χ2n) is 8.64. The minimum atomic E-state index is -0.633. The predicted molar refractivity (Wildman–Crippen MR) is 124 cm³/mol. The van der Waals surface area contributed by atoms with Crippen LogP contribution in [0.15, 0.2) is 46.5 Å². The van der Waals surface area contributed by atoms with E-state index >= 15 is 0 Å². The van der Waals surface area contributed by atoms with E-state index in [1.807, 2.05) is 6.92 Å². The van der Waals surface area contributed by atoms with Crippen LogP contribution in [0, 0.1) is 11.8 Å². The number of ketones is 1. The summed E-state index contributed by atoms with van der Waals surface area (Å²) in [6, 6.07) is 0. The third-order valence-electron chi connectivity index (χ3n) is 5.73. The lowest BCUT2D eigenvalue weighted by Crippen LogP contribution is -2.42. The molecular formula is C26H40O5. The number of Topliss-reactive ketones (excluding diaryl/α,β-unsaturated/α-hetero) is 1. The molecule has 1 aliphatic carbocycles. The monoisotopic (exact) mass is 432 g/mol. The van der Waals surface area contributed by atoms with Crippen LogP contribution in [0.25, 0.3) is 0 Å². The van der Waals surface area contributed by atoms with Gasteiger partial charge in [0, 0.05) is 18.8 Å². The van der Waals surface area contributed by atoms with Gasteiger partial charge in [-0.2, -0.15) is 0 Å². The number of methoxy groups -OCH3 is 2. The van der Waals surface area contributed by atoms with Gasteiger partial charge in [-0.1, -0.05) is 41.9 Å². The van der Waals surface area contributed by atoms with Crippen LogP contribution in [0.3, 0.4) is 0 Å². The first-order chi connectivity index (χ1) is 14.6. The Morgan fingerprint density at radius 1 is 0.903 bits per heavy atom. The number of ether oxygens (including phenoxy) is 3. The molecule has 0 saturated carbocycles. The highest BCUT2D eigenvalue weighted by atomic mass is 16.6. The average Bonchev–Trinajstić information content (AvgIpc) is 2.69.